The SMILES string of the molecule is COCCCNC(=O)[C@@H]1CC(=O)N(c2ccc(OCC(=O)Nc3ccc(Br)cc3C)cc2)C1. The summed E-state index contributed by atoms with van der Waals surface area (Å²) in [6, 6.07) is 12.5. The number of anilines is 2. The van der Waals surface area contributed by atoms with Crippen LogP contribution in [-0.4, -0.2) is 51.1 Å². The summed E-state index contributed by atoms with van der Waals surface area (Å²) in [5.74, 6) is -0.334. The Morgan fingerprint density at radius 1 is 1.18 bits per heavy atom. The molecule has 1 aliphatic heterocycles. The molecule has 1 atom stereocenters. The summed E-state index contributed by atoms with van der Waals surface area (Å²) in [5.41, 5.74) is 2.36. The molecule has 0 aromatic heterocycles. The largest absolute Gasteiger partial charge is 0.484 e. The van der Waals surface area contributed by atoms with Gasteiger partial charge in [-0.3, -0.25) is 14.4 Å². The van der Waals surface area contributed by atoms with Crippen LogP contribution < -0.4 is 20.3 Å². The Bertz CT molecular complexity index is 996. The quantitative estimate of drug-likeness (QED) is 0.471. The lowest BCUT2D eigenvalue weighted by Crippen LogP contribution is -2.33. The average Bonchev–Trinajstić information content (AvgIpc) is 3.19. The van der Waals surface area contributed by atoms with Crippen molar-refractivity contribution in [3.8, 4) is 5.75 Å². The molecule has 33 heavy (non-hydrogen) atoms. The molecule has 0 aliphatic carbocycles. The van der Waals surface area contributed by atoms with E-state index >= 15 is 0 Å². The standard InChI is InChI=1S/C24H28BrN3O5/c1-16-12-18(25)4-9-21(16)27-22(29)15-33-20-7-5-19(6-8-20)28-14-17(13-23(28)30)24(31)26-10-3-11-32-2/h4-9,12,17H,3,10-11,13-15H2,1-2H3,(H,26,31)(H,27,29)/t17-/m1/s1. The number of rotatable bonds is 10. The second-order valence-corrected chi connectivity index (χ2v) is 8.75. The first-order valence-electron chi connectivity index (χ1n) is 10.7. The summed E-state index contributed by atoms with van der Waals surface area (Å²) in [4.78, 5) is 38.5. The maximum absolute atomic E-state index is 12.4. The third-order valence-corrected chi connectivity index (χ3v) is 5.79. The highest BCUT2D eigenvalue weighted by atomic mass is 79.9. The van der Waals surface area contributed by atoms with E-state index in [-0.39, 0.29) is 36.7 Å². The molecule has 2 aromatic rings. The number of benzene rings is 2. The Hall–Kier alpha value is -2.91. The molecule has 1 aliphatic rings. The molecule has 3 rings (SSSR count). The molecule has 0 radical (unpaired) electrons. The van der Waals surface area contributed by atoms with Crippen LogP contribution in [-0.2, 0) is 19.1 Å². The highest BCUT2D eigenvalue weighted by molar-refractivity contribution is 9.10. The number of nitrogens with one attached hydrogen (secondary N) is 2. The summed E-state index contributed by atoms with van der Waals surface area (Å²) < 4.78 is 11.5. The molecule has 0 saturated carbocycles. The number of hydrogen-bond donors (Lipinski definition) is 2. The van der Waals surface area contributed by atoms with Crippen LogP contribution in [0.25, 0.3) is 0 Å². The normalized spacial score (nSPS) is 15.4. The van der Waals surface area contributed by atoms with Crippen LogP contribution >= 0.6 is 15.9 Å². The average molecular weight is 518 g/mol. The summed E-state index contributed by atoms with van der Waals surface area (Å²) in [7, 11) is 1.62. The van der Waals surface area contributed by atoms with Crippen molar-refractivity contribution < 1.29 is 23.9 Å². The topological polar surface area (TPSA) is 97.0 Å². The first-order valence-corrected chi connectivity index (χ1v) is 11.5. The third kappa shape index (κ3) is 7.03. The molecular weight excluding hydrogens is 490 g/mol. The zero-order valence-electron chi connectivity index (χ0n) is 18.7. The fraction of sp³-hybridized carbons (Fsp3) is 0.375. The number of amides is 3. The summed E-state index contributed by atoms with van der Waals surface area (Å²) in [5, 5.41) is 5.68. The van der Waals surface area contributed by atoms with Gasteiger partial charge < -0.3 is 25.0 Å². The molecule has 0 unspecified atom stereocenters. The molecular formula is C24H28BrN3O5. The van der Waals surface area contributed by atoms with Gasteiger partial charge in [0.05, 0.1) is 5.92 Å². The van der Waals surface area contributed by atoms with Crippen LogP contribution in [0.1, 0.15) is 18.4 Å². The van der Waals surface area contributed by atoms with Gasteiger partial charge in [-0.1, -0.05) is 15.9 Å². The molecule has 0 bridgehead atoms. The molecule has 2 N–H and O–H groups in total. The van der Waals surface area contributed by atoms with E-state index in [1.54, 1.807) is 36.3 Å². The van der Waals surface area contributed by atoms with E-state index in [1.165, 1.54) is 0 Å². The number of aryl methyl sites for hydroxylation is 1. The number of carbonyl (C=O) groups excluding carboxylic acids is 3. The minimum absolute atomic E-state index is 0.0926. The van der Waals surface area contributed by atoms with Crippen molar-refractivity contribution in [1.29, 1.82) is 0 Å². The second-order valence-electron chi connectivity index (χ2n) is 7.83. The van der Waals surface area contributed by atoms with Gasteiger partial charge in [-0.05, 0) is 61.4 Å². The van der Waals surface area contributed by atoms with Gasteiger partial charge in [0.2, 0.25) is 11.8 Å². The van der Waals surface area contributed by atoms with E-state index in [1.807, 2.05) is 25.1 Å². The monoisotopic (exact) mass is 517 g/mol. The molecule has 9 heteroatoms. The maximum Gasteiger partial charge on any atom is 0.262 e. The van der Waals surface area contributed by atoms with Crippen molar-refractivity contribution in [2.75, 3.05) is 43.6 Å². The fourth-order valence-electron chi connectivity index (χ4n) is 3.53. The Labute approximate surface area is 201 Å². The predicted octanol–water partition coefficient (Wildman–Crippen LogP) is 3.28. The molecule has 8 nitrogen and oxygen atoms in total. The van der Waals surface area contributed by atoms with Crippen LogP contribution in [0.2, 0.25) is 0 Å². The van der Waals surface area contributed by atoms with Crippen LogP contribution in [0.15, 0.2) is 46.9 Å². The van der Waals surface area contributed by atoms with Gasteiger partial charge in [0, 0.05) is 49.1 Å². The summed E-state index contributed by atoms with van der Waals surface area (Å²) >= 11 is 3.40. The Morgan fingerprint density at radius 3 is 2.64 bits per heavy atom. The number of hydrogen-bond acceptors (Lipinski definition) is 5. The first-order chi connectivity index (χ1) is 15.9. The molecule has 3 amide bonds. The van der Waals surface area contributed by atoms with Crippen molar-refractivity contribution in [3.63, 3.8) is 0 Å². The van der Waals surface area contributed by atoms with E-state index in [4.69, 9.17) is 9.47 Å². The number of ether oxygens (including phenoxy) is 2. The first kappa shape index (κ1) is 24.7. The van der Waals surface area contributed by atoms with Gasteiger partial charge in [0.25, 0.3) is 5.91 Å². The molecule has 1 heterocycles. The summed E-state index contributed by atoms with van der Waals surface area (Å²) in [6.45, 7) is 3.22. The van der Waals surface area contributed by atoms with Gasteiger partial charge in [0.15, 0.2) is 6.61 Å². The van der Waals surface area contributed by atoms with Crippen LogP contribution in [0, 0.1) is 12.8 Å². The zero-order chi connectivity index (χ0) is 23.8. The minimum Gasteiger partial charge on any atom is -0.484 e. The molecule has 2 aromatic carbocycles. The molecule has 1 saturated heterocycles. The van der Waals surface area contributed by atoms with E-state index in [2.05, 4.69) is 26.6 Å². The van der Waals surface area contributed by atoms with E-state index in [0.29, 0.717) is 31.1 Å². The van der Waals surface area contributed by atoms with Gasteiger partial charge in [-0.15, -0.1) is 0 Å². The highest BCUT2D eigenvalue weighted by Gasteiger charge is 2.34. The molecule has 0 spiro atoms. The fourth-order valence-corrected chi connectivity index (χ4v) is 4.01. The van der Waals surface area contributed by atoms with Crippen LogP contribution in [0.5, 0.6) is 5.75 Å². The van der Waals surface area contributed by atoms with Crippen molar-refractivity contribution in [2.24, 2.45) is 5.92 Å². The molecule has 1 fully saturated rings. The molecule has 176 valence electrons. The van der Waals surface area contributed by atoms with Crippen molar-refractivity contribution in [3.05, 3.63) is 52.5 Å². The Kier molecular flexibility index (Phi) is 8.85. The minimum atomic E-state index is -0.373. The van der Waals surface area contributed by atoms with Crippen molar-refractivity contribution >= 4 is 45.0 Å². The highest BCUT2D eigenvalue weighted by Crippen LogP contribution is 2.27. The van der Waals surface area contributed by atoms with Gasteiger partial charge in [0.1, 0.15) is 5.75 Å². The van der Waals surface area contributed by atoms with Crippen molar-refractivity contribution in [2.45, 2.75) is 19.8 Å². The number of methoxy groups -OCH3 is 1. The lowest BCUT2D eigenvalue weighted by Gasteiger charge is -2.17. The van der Waals surface area contributed by atoms with E-state index < -0.39 is 0 Å². The van der Waals surface area contributed by atoms with Crippen LogP contribution in [0.3, 0.4) is 0 Å². The van der Waals surface area contributed by atoms with E-state index in [0.717, 1.165) is 22.1 Å². The van der Waals surface area contributed by atoms with Crippen molar-refractivity contribution in [1.82, 2.24) is 5.32 Å². The second kappa shape index (κ2) is 11.8. The predicted molar refractivity (Wildman–Crippen MR) is 129 cm³/mol. The Balaban J connectivity index is 1.49. The third-order valence-electron chi connectivity index (χ3n) is 5.30. The van der Waals surface area contributed by atoms with E-state index in [9.17, 15) is 14.4 Å². The van der Waals surface area contributed by atoms with Crippen LogP contribution in [0.4, 0.5) is 11.4 Å². The van der Waals surface area contributed by atoms with Gasteiger partial charge >= 0.3 is 0 Å². The Morgan fingerprint density at radius 2 is 1.94 bits per heavy atom. The lowest BCUT2D eigenvalue weighted by molar-refractivity contribution is -0.126. The number of halogens is 1. The lowest BCUT2D eigenvalue weighted by atomic mass is 10.1. The van der Waals surface area contributed by atoms with Gasteiger partial charge in [-0.2, -0.15) is 0 Å². The summed E-state index contributed by atoms with van der Waals surface area (Å²) in [6.07, 6.45) is 0.916. The number of carbonyl (C=O) groups is 3. The zero-order valence-corrected chi connectivity index (χ0v) is 20.3. The smallest absolute Gasteiger partial charge is 0.262 e. The number of nitrogens with zero attached hydrogens (tertiary/aromatic N) is 1. The van der Waals surface area contributed by atoms with Gasteiger partial charge in [-0.25, -0.2) is 0 Å². The maximum atomic E-state index is 12.4.